The van der Waals surface area contributed by atoms with Crippen molar-refractivity contribution in [3.8, 4) is 0 Å². The minimum absolute atomic E-state index is 0.841. The molecule has 0 aliphatic rings. The lowest BCUT2D eigenvalue weighted by Crippen LogP contribution is -2.23. The van der Waals surface area contributed by atoms with Gasteiger partial charge in [-0.2, -0.15) is 0 Å². The van der Waals surface area contributed by atoms with Gasteiger partial charge in [0.15, 0.2) is 0 Å². The fraction of sp³-hybridized carbons (Fsp3) is 1.00. The van der Waals surface area contributed by atoms with Gasteiger partial charge < -0.3 is 0 Å². The Kier molecular flexibility index (Phi) is 11.6. The molecule has 0 aliphatic carbocycles. The zero-order valence-electron chi connectivity index (χ0n) is 16.4. The summed E-state index contributed by atoms with van der Waals surface area (Å²) in [6, 6.07) is 0. The third-order valence-electron chi connectivity index (χ3n) is 6.00. The fourth-order valence-corrected chi connectivity index (χ4v) is 4.10. The van der Waals surface area contributed by atoms with Crippen molar-refractivity contribution >= 4 is 0 Å². The van der Waals surface area contributed by atoms with Crippen molar-refractivity contribution in [1.29, 1.82) is 0 Å². The Hall–Kier alpha value is 0. The van der Waals surface area contributed by atoms with Crippen LogP contribution in [-0.4, -0.2) is 0 Å². The van der Waals surface area contributed by atoms with Gasteiger partial charge in [-0.1, -0.05) is 100 Å². The molecular formula is C21H44. The second-order valence-corrected chi connectivity index (χ2v) is 8.23. The molecule has 0 saturated heterocycles. The maximum absolute atomic E-state index is 2.51. The first-order valence-corrected chi connectivity index (χ1v) is 9.84. The number of hydrogen-bond acceptors (Lipinski definition) is 0. The Morgan fingerprint density at radius 3 is 1.67 bits per heavy atom. The van der Waals surface area contributed by atoms with E-state index in [0.717, 1.165) is 35.5 Å². The number of hydrogen-bond donors (Lipinski definition) is 0. The summed E-state index contributed by atoms with van der Waals surface area (Å²) in [4.78, 5) is 0. The third kappa shape index (κ3) is 8.27. The summed E-state index contributed by atoms with van der Waals surface area (Å²) in [5.41, 5.74) is 0. The van der Waals surface area contributed by atoms with Crippen LogP contribution in [0, 0.1) is 35.5 Å². The molecule has 21 heavy (non-hydrogen) atoms. The Bertz CT molecular complexity index is 228. The molecule has 0 aromatic rings. The average molecular weight is 297 g/mol. The minimum Gasteiger partial charge on any atom is -0.0654 e. The zero-order chi connectivity index (χ0) is 16.4. The van der Waals surface area contributed by atoms with Gasteiger partial charge in [-0.05, 0) is 35.5 Å². The zero-order valence-corrected chi connectivity index (χ0v) is 16.4. The molecule has 4 atom stereocenters. The molecule has 4 unspecified atom stereocenters. The van der Waals surface area contributed by atoms with Crippen LogP contribution in [0.15, 0.2) is 0 Å². The lowest BCUT2D eigenvalue weighted by atomic mass is 9.74. The molecular weight excluding hydrogens is 252 g/mol. The highest BCUT2D eigenvalue weighted by Crippen LogP contribution is 2.33. The average Bonchev–Trinajstić information content (AvgIpc) is 2.42. The van der Waals surface area contributed by atoms with Crippen LogP contribution in [-0.2, 0) is 0 Å². The van der Waals surface area contributed by atoms with E-state index >= 15 is 0 Å². The molecule has 0 aliphatic heterocycles. The van der Waals surface area contributed by atoms with E-state index in [1.54, 1.807) is 0 Å². The molecule has 0 nitrogen and oxygen atoms in total. The molecule has 128 valence electrons. The van der Waals surface area contributed by atoms with E-state index in [0.29, 0.717) is 0 Å². The van der Waals surface area contributed by atoms with E-state index in [4.69, 9.17) is 0 Å². The highest BCUT2D eigenvalue weighted by Gasteiger charge is 2.24. The molecule has 0 aromatic carbocycles. The monoisotopic (exact) mass is 296 g/mol. The Morgan fingerprint density at radius 1 is 0.667 bits per heavy atom. The van der Waals surface area contributed by atoms with Crippen LogP contribution in [0.1, 0.15) is 100 Å². The molecule has 0 N–H and O–H groups in total. The van der Waals surface area contributed by atoms with E-state index in [-0.39, 0.29) is 0 Å². The predicted molar refractivity (Wildman–Crippen MR) is 98.7 cm³/mol. The molecule has 0 bridgehead atoms. The van der Waals surface area contributed by atoms with Crippen LogP contribution in [0.3, 0.4) is 0 Å². The molecule has 0 saturated carbocycles. The van der Waals surface area contributed by atoms with Gasteiger partial charge in [-0.3, -0.25) is 0 Å². The number of rotatable bonds is 12. The fourth-order valence-electron chi connectivity index (χ4n) is 4.10. The highest BCUT2D eigenvalue weighted by molar-refractivity contribution is 4.74. The van der Waals surface area contributed by atoms with Gasteiger partial charge in [0, 0.05) is 0 Å². The van der Waals surface area contributed by atoms with Crippen LogP contribution in [0.5, 0.6) is 0 Å². The van der Waals surface area contributed by atoms with Crippen molar-refractivity contribution in [3.05, 3.63) is 0 Å². The summed E-state index contributed by atoms with van der Waals surface area (Å²) in [7, 11) is 0. The summed E-state index contributed by atoms with van der Waals surface area (Å²) >= 11 is 0. The van der Waals surface area contributed by atoms with Gasteiger partial charge in [-0.15, -0.1) is 0 Å². The summed E-state index contributed by atoms with van der Waals surface area (Å²) in [5.74, 6) is 5.35. The second kappa shape index (κ2) is 11.6. The highest BCUT2D eigenvalue weighted by atomic mass is 14.3. The van der Waals surface area contributed by atoms with E-state index in [2.05, 4.69) is 55.4 Å². The van der Waals surface area contributed by atoms with Crippen LogP contribution >= 0.6 is 0 Å². The van der Waals surface area contributed by atoms with Gasteiger partial charge in [0.1, 0.15) is 0 Å². The standard InChI is InChI=1S/C21H44/c1-9-13-21(17(5)6)19(8)18(7)14-11-12-15-20(10-2)16(3)4/h16-21H,9-15H2,1-8H3. The number of unbranched alkanes of at least 4 members (excludes halogenated alkanes) is 1. The van der Waals surface area contributed by atoms with Crippen molar-refractivity contribution in [2.75, 3.05) is 0 Å². The van der Waals surface area contributed by atoms with E-state index in [9.17, 15) is 0 Å². The van der Waals surface area contributed by atoms with Crippen molar-refractivity contribution in [1.82, 2.24) is 0 Å². The molecule has 0 radical (unpaired) electrons. The van der Waals surface area contributed by atoms with Crippen molar-refractivity contribution in [2.24, 2.45) is 35.5 Å². The second-order valence-electron chi connectivity index (χ2n) is 8.23. The van der Waals surface area contributed by atoms with Gasteiger partial charge in [0.05, 0.1) is 0 Å². The van der Waals surface area contributed by atoms with E-state index in [1.165, 1.54) is 44.9 Å². The molecule has 0 spiro atoms. The van der Waals surface area contributed by atoms with E-state index in [1.807, 2.05) is 0 Å². The summed E-state index contributed by atoms with van der Waals surface area (Å²) in [6.07, 6.45) is 9.86. The van der Waals surface area contributed by atoms with Crippen LogP contribution in [0.25, 0.3) is 0 Å². The summed E-state index contributed by atoms with van der Waals surface area (Å²) in [6.45, 7) is 19.3. The minimum atomic E-state index is 0.841. The Morgan fingerprint density at radius 2 is 1.24 bits per heavy atom. The third-order valence-corrected chi connectivity index (χ3v) is 6.00. The summed E-state index contributed by atoms with van der Waals surface area (Å²) < 4.78 is 0. The maximum Gasteiger partial charge on any atom is -0.0363 e. The largest absolute Gasteiger partial charge is 0.0654 e. The van der Waals surface area contributed by atoms with E-state index < -0.39 is 0 Å². The summed E-state index contributed by atoms with van der Waals surface area (Å²) in [5, 5.41) is 0. The van der Waals surface area contributed by atoms with Crippen LogP contribution in [0.2, 0.25) is 0 Å². The smallest absolute Gasteiger partial charge is 0.0363 e. The Labute approximate surface area is 136 Å². The van der Waals surface area contributed by atoms with Crippen molar-refractivity contribution < 1.29 is 0 Å². The van der Waals surface area contributed by atoms with Gasteiger partial charge in [-0.25, -0.2) is 0 Å². The SMILES string of the molecule is CCCC(C(C)C)C(C)C(C)CCCCC(CC)C(C)C. The van der Waals surface area contributed by atoms with Gasteiger partial charge >= 0.3 is 0 Å². The van der Waals surface area contributed by atoms with Crippen molar-refractivity contribution in [3.63, 3.8) is 0 Å². The normalized spacial score (nSPS) is 18.0. The lowest BCUT2D eigenvalue weighted by Gasteiger charge is -2.32. The first-order valence-electron chi connectivity index (χ1n) is 9.84. The van der Waals surface area contributed by atoms with Crippen LogP contribution in [0.4, 0.5) is 0 Å². The molecule has 0 heterocycles. The first-order chi connectivity index (χ1) is 9.84. The molecule has 0 rings (SSSR count). The lowest BCUT2D eigenvalue weighted by molar-refractivity contribution is 0.180. The van der Waals surface area contributed by atoms with Crippen molar-refractivity contribution in [2.45, 2.75) is 100 Å². The Balaban J connectivity index is 4.09. The predicted octanol–water partition coefficient (Wildman–Crippen LogP) is 7.57. The van der Waals surface area contributed by atoms with Gasteiger partial charge in [0.2, 0.25) is 0 Å². The van der Waals surface area contributed by atoms with Gasteiger partial charge in [0.25, 0.3) is 0 Å². The molecule has 0 aromatic heterocycles. The van der Waals surface area contributed by atoms with Crippen LogP contribution < -0.4 is 0 Å². The topological polar surface area (TPSA) is 0 Å². The molecule has 0 heteroatoms. The molecule has 0 fully saturated rings. The quantitative estimate of drug-likeness (QED) is 0.326. The molecule has 0 amide bonds. The maximum atomic E-state index is 2.51. The first kappa shape index (κ1) is 21.0.